The summed E-state index contributed by atoms with van der Waals surface area (Å²) in [5, 5.41) is 0. The van der Waals surface area contributed by atoms with E-state index in [-0.39, 0.29) is 0 Å². The van der Waals surface area contributed by atoms with E-state index in [1.165, 1.54) is 31.4 Å². The van der Waals surface area contributed by atoms with E-state index in [4.69, 9.17) is 4.99 Å². The second kappa shape index (κ2) is 2.96. The highest BCUT2D eigenvalue weighted by Crippen LogP contribution is 2.48. The molecular weight excluding hydrogens is 182 g/mol. The molecule has 3 aliphatic rings. The van der Waals surface area contributed by atoms with Crippen LogP contribution in [0.3, 0.4) is 0 Å². The van der Waals surface area contributed by atoms with Gasteiger partial charge in [0.2, 0.25) is 0 Å². The van der Waals surface area contributed by atoms with E-state index in [9.17, 15) is 0 Å². The fourth-order valence-corrected chi connectivity index (χ4v) is 2.81. The Kier molecular flexibility index (Phi) is 1.90. The maximum Gasteiger partial charge on any atom is 0.0612 e. The number of hydrogen-bond acceptors (Lipinski definition) is 1. The molecule has 0 amide bonds. The number of rotatable bonds is 2. The van der Waals surface area contributed by atoms with Gasteiger partial charge in [-0.05, 0) is 48.2 Å². The second-order valence-corrected chi connectivity index (χ2v) is 6.40. The van der Waals surface area contributed by atoms with Crippen LogP contribution in [-0.2, 0) is 0 Å². The van der Waals surface area contributed by atoms with Gasteiger partial charge in [-0.3, -0.25) is 4.99 Å². The van der Waals surface area contributed by atoms with Crippen LogP contribution in [0.2, 0.25) is 0 Å². The molecule has 0 atom stereocenters. The SMILES string of the molecule is CC(C)(C)C1=C(C2CC2)CN=C1C1CC1. The lowest BCUT2D eigenvalue weighted by Crippen LogP contribution is -2.19. The fraction of sp³-hybridized carbons (Fsp3) is 0.786. The van der Waals surface area contributed by atoms with Gasteiger partial charge < -0.3 is 0 Å². The van der Waals surface area contributed by atoms with Gasteiger partial charge in [-0.2, -0.15) is 0 Å². The molecule has 82 valence electrons. The van der Waals surface area contributed by atoms with Crippen LogP contribution in [0.15, 0.2) is 16.1 Å². The van der Waals surface area contributed by atoms with Crippen molar-refractivity contribution in [3.8, 4) is 0 Å². The molecule has 2 aliphatic carbocycles. The summed E-state index contributed by atoms with van der Waals surface area (Å²) in [5.41, 5.74) is 5.15. The van der Waals surface area contributed by atoms with Gasteiger partial charge in [0.25, 0.3) is 0 Å². The molecule has 15 heavy (non-hydrogen) atoms. The maximum atomic E-state index is 4.83. The maximum absolute atomic E-state index is 4.83. The van der Waals surface area contributed by atoms with E-state index >= 15 is 0 Å². The molecule has 0 radical (unpaired) electrons. The van der Waals surface area contributed by atoms with Gasteiger partial charge in [0.05, 0.1) is 6.54 Å². The van der Waals surface area contributed by atoms with Crippen LogP contribution in [0.1, 0.15) is 46.5 Å². The van der Waals surface area contributed by atoms with Gasteiger partial charge in [-0.15, -0.1) is 0 Å². The zero-order valence-corrected chi connectivity index (χ0v) is 10.1. The zero-order valence-electron chi connectivity index (χ0n) is 10.1. The number of hydrogen-bond donors (Lipinski definition) is 0. The molecule has 0 unspecified atom stereocenters. The molecule has 0 N–H and O–H groups in total. The van der Waals surface area contributed by atoms with Crippen molar-refractivity contribution in [2.24, 2.45) is 22.2 Å². The smallest absolute Gasteiger partial charge is 0.0612 e. The van der Waals surface area contributed by atoms with E-state index in [0.29, 0.717) is 5.41 Å². The van der Waals surface area contributed by atoms with Crippen molar-refractivity contribution in [2.75, 3.05) is 6.54 Å². The Labute approximate surface area is 92.7 Å². The Hall–Kier alpha value is -0.590. The second-order valence-electron chi connectivity index (χ2n) is 6.40. The number of allylic oxidation sites excluding steroid dienone is 1. The first-order chi connectivity index (χ1) is 7.07. The predicted octanol–water partition coefficient (Wildman–Crippen LogP) is 3.60. The van der Waals surface area contributed by atoms with Crippen LogP contribution in [0.4, 0.5) is 0 Å². The monoisotopic (exact) mass is 203 g/mol. The largest absolute Gasteiger partial charge is 0.285 e. The van der Waals surface area contributed by atoms with Gasteiger partial charge >= 0.3 is 0 Å². The van der Waals surface area contributed by atoms with Crippen LogP contribution in [0.25, 0.3) is 0 Å². The van der Waals surface area contributed by atoms with E-state index in [1.807, 2.05) is 0 Å². The van der Waals surface area contributed by atoms with Crippen molar-refractivity contribution < 1.29 is 0 Å². The summed E-state index contributed by atoms with van der Waals surface area (Å²) in [5.74, 6) is 1.73. The molecule has 0 saturated heterocycles. The minimum Gasteiger partial charge on any atom is -0.285 e. The summed E-state index contributed by atoms with van der Waals surface area (Å²) >= 11 is 0. The first-order valence-electron chi connectivity index (χ1n) is 6.35. The minimum absolute atomic E-state index is 0.315. The molecule has 0 aromatic heterocycles. The van der Waals surface area contributed by atoms with Crippen molar-refractivity contribution in [1.29, 1.82) is 0 Å². The predicted molar refractivity (Wildman–Crippen MR) is 64.2 cm³/mol. The van der Waals surface area contributed by atoms with Crippen molar-refractivity contribution in [3.63, 3.8) is 0 Å². The Bertz CT molecular complexity index is 346. The van der Waals surface area contributed by atoms with Crippen LogP contribution < -0.4 is 0 Å². The summed E-state index contributed by atoms with van der Waals surface area (Å²) in [7, 11) is 0. The molecule has 2 fully saturated rings. The average molecular weight is 203 g/mol. The van der Waals surface area contributed by atoms with Crippen molar-refractivity contribution in [1.82, 2.24) is 0 Å². The quantitative estimate of drug-likeness (QED) is 0.650. The summed E-state index contributed by atoms with van der Waals surface area (Å²) in [6.45, 7) is 8.10. The molecule has 1 heteroatoms. The number of nitrogens with zero attached hydrogens (tertiary/aromatic N) is 1. The fourth-order valence-electron chi connectivity index (χ4n) is 2.81. The van der Waals surface area contributed by atoms with Crippen LogP contribution in [0.5, 0.6) is 0 Å². The van der Waals surface area contributed by atoms with Crippen LogP contribution in [0, 0.1) is 17.3 Å². The molecule has 3 rings (SSSR count). The highest BCUT2D eigenvalue weighted by molar-refractivity contribution is 6.06. The molecule has 0 aromatic carbocycles. The lowest BCUT2D eigenvalue weighted by Gasteiger charge is -2.24. The molecule has 0 bridgehead atoms. The first kappa shape index (κ1) is 9.62. The third-order valence-electron chi connectivity index (χ3n) is 3.78. The molecule has 1 nitrogen and oxygen atoms in total. The highest BCUT2D eigenvalue weighted by atomic mass is 14.8. The van der Waals surface area contributed by atoms with E-state index in [0.717, 1.165) is 18.4 Å². The zero-order chi connectivity index (χ0) is 10.6. The normalized spacial score (nSPS) is 27.3. The van der Waals surface area contributed by atoms with Crippen molar-refractivity contribution >= 4 is 5.71 Å². The summed E-state index contributed by atoms with van der Waals surface area (Å²) in [4.78, 5) is 4.83. The van der Waals surface area contributed by atoms with Gasteiger partial charge in [0.15, 0.2) is 0 Å². The van der Waals surface area contributed by atoms with E-state index < -0.39 is 0 Å². The number of aliphatic imine (C=N–C) groups is 1. The molecule has 0 spiro atoms. The minimum atomic E-state index is 0.315. The topological polar surface area (TPSA) is 12.4 Å². The van der Waals surface area contributed by atoms with Gasteiger partial charge in [-0.25, -0.2) is 0 Å². The summed E-state index contributed by atoms with van der Waals surface area (Å²) < 4.78 is 0. The Morgan fingerprint density at radius 2 is 1.60 bits per heavy atom. The molecule has 1 aliphatic heterocycles. The molecule has 2 saturated carbocycles. The third kappa shape index (κ3) is 1.66. The van der Waals surface area contributed by atoms with E-state index in [1.54, 1.807) is 11.1 Å². The summed E-state index contributed by atoms with van der Waals surface area (Å²) in [6.07, 6.45) is 5.61. The van der Waals surface area contributed by atoms with E-state index in [2.05, 4.69) is 20.8 Å². The Morgan fingerprint density at radius 1 is 1.00 bits per heavy atom. The van der Waals surface area contributed by atoms with Gasteiger partial charge in [0, 0.05) is 11.6 Å². The Morgan fingerprint density at radius 3 is 2.07 bits per heavy atom. The molecular formula is C14H21N. The van der Waals surface area contributed by atoms with Crippen molar-refractivity contribution in [2.45, 2.75) is 46.5 Å². The molecule has 1 heterocycles. The first-order valence-corrected chi connectivity index (χ1v) is 6.35. The lowest BCUT2D eigenvalue weighted by atomic mass is 9.79. The lowest BCUT2D eigenvalue weighted by molar-refractivity contribution is 0.516. The third-order valence-corrected chi connectivity index (χ3v) is 3.78. The highest BCUT2D eigenvalue weighted by Gasteiger charge is 2.41. The van der Waals surface area contributed by atoms with Gasteiger partial charge in [0.1, 0.15) is 0 Å². The summed E-state index contributed by atoms with van der Waals surface area (Å²) in [6, 6.07) is 0. The van der Waals surface area contributed by atoms with Crippen molar-refractivity contribution in [3.05, 3.63) is 11.1 Å². The standard InChI is InChI=1S/C14H21N/c1-14(2,3)12-11(9-4-5-9)8-15-13(12)10-6-7-10/h9-10H,4-8H2,1-3H3. The average Bonchev–Trinajstić information content (AvgIpc) is 3.02. The molecule has 0 aromatic rings. The van der Waals surface area contributed by atoms with Gasteiger partial charge in [-0.1, -0.05) is 20.8 Å². The Balaban J connectivity index is 1.98. The van der Waals surface area contributed by atoms with Crippen LogP contribution in [-0.4, -0.2) is 12.3 Å². The van der Waals surface area contributed by atoms with Crippen LogP contribution >= 0.6 is 0 Å².